The molecule has 0 atom stereocenters. The Morgan fingerprint density at radius 1 is 0.833 bits per heavy atom. The van der Waals surface area contributed by atoms with Crippen LogP contribution in [0.3, 0.4) is 0 Å². The number of anilines is 1. The minimum absolute atomic E-state index is 0.0311. The molecule has 36 heavy (non-hydrogen) atoms. The van der Waals surface area contributed by atoms with E-state index in [0.29, 0.717) is 22.9 Å². The van der Waals surface area contributed by atoms with Gasteiger partial charge < -0.3 is 24.3 Å². The molecule has 0 fully saturated rings. The third kappa shape index (κ3) is 6.60. The van der Waals surface area contributed by atoms with Gasteiger partial charge in [-0.15, -0.1) is 0 Å². The smallest absolute Gasteiger partial charge is 0.264 e. The van der Waals surface area contributed by atoms with Crippen LogP contribution in [0.25, 0.3) is 0 Å². The lowest BCUT2D eigenvalue weighted by Crippen LogP contribution is -2.41. The molecule has 9 nitrogen and oxygen atoms in total. The van der Waals surface area contributed by atoms with E-state index in [1.54, 1.807) is 55.6 Å². The average Bonchev–Trinajstić information content (AvgIpc) is 2.90. The zero-order valence-electron chi connectivity index (χ0n) is 20.7. The fourth-order valence-corrected chi connectivity index (χ4v) is 4.78. The molecule has 1 amide bonds. The lowest BCUT2D eigenvalue weighted by Gasteiger charge is -2.24. The molecule has 10 heteroatoms. The van der Waals surface area contributed by atoms with Gasteiger partial charge in [0.15, 0.2) is 11.5 Å². The normalized spacial score (nSPS) is 10.9. The molecule has 0 aliphatic carbocycles. The molecule has 0 aliphatic heterocycles. The quantitative estimate of drug-likeness (QED) is 0.370. The van der Waals surface area contributed by atoms with E-state index < -0.39 is 22.5 Å². The summed E-state index contributed by atoms with van der Waals surface area (Å²) in [6, 6.07) is 18.2. The number of nitrogens with one attached hydrogen (secondary N) is 1. The number of hydrogen-bond donors (Lipinski definition) is 1. The van der Waals surface area contributed by atoms with Crippen molar-refractivity contribution in [3.05, 3.63) is 72.3 Å². The molecule has 0 saturated heterocycles. The topological polar surface area (TPSA) is 103 Å². The minimum atomic E-state index is -4.11. The standard InChI is InChI=1S/C26H30N2O7S/c1-19-5-7-20(8-6-19)28(36(30,31)23-13-14-24(33-3)25(17-23)34-4)18-26(29)27-15-16-35-22-11-9-21(32-2)10-12-22/h5-14,17H,15-16,18H2,1-4H3,(H,27,29). The second kappa shape index (κ2) is 12.2. The molecular formula is C26H30N2O7S. The van der Waals surface area contributed by atoms with Gasteiger partial charge in [-0.2, -0.15) is 0 Å². The van der Waals surface area contributed by atoms with Crippen LogP contribution >= 0.6 is 0 Å². The van der Waals surface area contributed by atoms with Crippen LogP contribution in [-0.4, -0.2) is 55.4 Å². The predicted molar refractivity (Wildman–Crippen MR) is 137 cm³/mol. The Bertz CT molecular complexity index is 1260. The lowest BCUT2D eigenvalue weighted by molar-refractivity contribution is -0.119. The predicted octanol–water partition coefficient (Wildman–Crippen LogP) is 3.41. The largest absolute Gasteiger partial charge is 0.497 e. The summed E-state index contributed by atoms with van der Waals surface area (Å²) in [7, 11) is 0.364. The number of benzene rings is 3. The Balaban J connectivity index is 1.74. The van der Waals surface area contributed by atoms with E-state index in [1.165, 1.54) is 32.4 Å². The molecule has 0 radical (unpaired) electrons. The number of nitrogens with zero attached hydrogens (tertiary/aromatic N) is 1. The highest BCUT2D eigenvalue weighted by molar-refractivity contribution is 7.92. The van der Waals surface area contributed by atoms with Crippen molar-refractivity contribution in [1.29, 1.82) is 0 Å². The molecule has 0 aromatic heterocycles. The summed E-state index contributed by atoms with van der Waals surface area (Å²) in [6.45, 7) is 1.89. The highest BCUT2D eigenvalue weighted by Crippen LogP contribution is 2.32. The van der Waals surface area contributed by atoms with Gasteiger partial charge in [0.05, 0.1) is 38.5 Å². The first-order chi connectivity index (χ1) is 17.3. The molecule has 3 aromatic carbocycles. The summed E-state index contributed by atoms with van der Waals surface area (Å²) >= 11 is 0. The van der Waals surface area contributed by atoms with Gasteiger partial charge in [-0.1, -0.05) is 17.7 Å². The van der Waals surface area contributed by atoms with Gasteiger partial charge in [0.25, 0.3) is 10.0 Å². The number of carbonyl (C=O) groups is 1. The van der Waals surface area contributed by atoms with Crippen LogP contribution in [0.4, 0.5) is 5.69 Å². The fraction of sp³-hybridized carbons (Fsp3) is 0.269. The first-order valence-corrected chi connectivity index (χ1v) is 12.6. The van der Waals surface area contributed by atoms with E-state index in [4.69, 9.17) is 18.9 Å². The summed E-state index contributed by atoms with van der Waals surface area (Å²) in [6.07, 6.45) is 0. The average molecular weight is 515 g/mol. The zero-order chi connectivity index (χ0) is 26.1. The number of sulfonamides is 1. The van der Waals surface area contributed by atoms with E-state index in [2.05, 4.69) is 5.32 Å². The van der Waals surface area contributed by atoms with E-state index in [1.807, 2.05) is 6.92 Å². The summed E-state index contributed by atoms with van der Waals surface area (Å²) in [4.78, 5) is 12.7. The zero-order valence-corrected chi connectivity index (χ0v) is 21.5. The van der Waals surface area contributed by atoms with Crippen LogP contribution in [0.15, 0.2) is 71.6 Å². The molecule has 0 bridgehead atoms. The molecular weight excluding hydrogens is 484 g/mol. The summed E-state index contributed by atoms with van der Waals surface area (Å²) in [5.74, 6) is 1.53. The van der Waals surface area contributed by atoms with E-state index in [-0.39, 0.29) is 23.8 Å². The van der Waals surface area contributed by atoms with Gasteiger partial charge in [-0.05, 0) is 55.5 Å². The molecule has 192 valence electrons. The van der Waals surface area contributed by atoms with Crippen molar-refractivity contribution < 1.29 is 32.2 Å². The number of hydrogen-bond acceptors (Lipinski definition) is 7. The van der Waals surface area contributed by atoms with E-state index in [9.17, 15) is 13.2 Å². The van der Waals surface area contributed by atoms with Crippen molar-refractivity contribution in [2.75, 3.05) is 45.3 Å². The Labute approximate surface area is 211 Å². The Morgan fingerprint density at radius 2 is 1.47 bits per heavy atom. The third-order valence-electron chi connectivity index (χ3n) is 5.30. The van der Waals surface area contributed by atoms with Crippen molar-refractivity contribution >= 4 is 21.6 Å². The molecule has 3 aromatic rings. The van der Waals surface area contributed by atoms with Gasteiger partial charge in [-0.25, -0.2) is 8.42 Å². The maximum Gasteiger partial charge on any atom is 0.264 e. The van der Waals surface area contributed by atoms with Crippen LogP contribution in [0.5, 0.6) is 23.0 Å². The number of methoxy groups -OCH3 is 3. The lowest BCUT2D eigenvalue weighted by atomic mass is 10.2. The van der Waals surface area contributed by atoms with E-state index in [0.717, 1.165) is 9.87 Å². The summed E-state index contributed by atoms with van der Waals surface area (Å²) < 4.78 is 49.5. The molecule has 0 saturated carbocycles. The second-order valence-electron chi connectivity index (χ2n) is 7.74. The monoisotopic (exact) mass is 514 g/mol. The maximum atomic E-state index is 13.6. The number of rotatable bonds is 12. The van der Waals surface area contributed by atoms with Crippen molar-refractivity contribution in [3.8, 4) is 23.0 Å². The first kappa shape index (κ1) is 26.7. The van der Waals surface area contributed by atoms with E-state index >= 15 is 0 Å². The first-order valence-electron chi connectivity index (χ1n) is 11.1. The number of aryl methyl sites for hydroxylation is 1. The van der Waals surface area contributed by atoms with Gasteiger partial charge in [0.2, 0.25) is 5.91 Å². The number of ether oxygens (including phenoxy) is 4. The van der Waals surface area contributed by atoms with Crippen LogP contribution < -0.4 is 28.6 Å². The second-order valence-corrected chi connectivity index (χ2v) is 9.60. The van der Waals surface area contributed by atoms with Crippen molar-refractivity contribution in [1.82, 2.24) is 5.32 Å². The SMILES string of the molecule is COc1ccc(OCCNC(=O)CN(c2ccc(C)cc2)S(=O)(=O)c2ccc(OC)c(OC)c2)cc1. The van der Waals surface area contributed by atoms with Gasteiger partial charge in [-0.3, -0.25) is 9.10 Å². The van der Waals surface area contributed by atoms with Crippen molar-refractivity contribution in [2.24, 2.45) is 0 Å². The van der Waals surface area contributed by atoms with Crippen molar-refractivity contribution in [2.45, 2.75) is 11.8 Å². The van der Waals surface area contributed by atoms with Crippen molar-refractivity contribution in [3.63, 3.8) is 0 Å². The highest BCUT2D eigenvalue weighted by Gasteiger charge is 2.28. The Morgan fingerprint density at radius 3 is 2.08 bits per heavy atom. The Kier molecular flexibility index (Phi) is 9.02. The maximum absolute atomic E-state index is 13.6. The summed E-state index contributed by atoms with van der Waals surface area (Å²) in [5.41, 5.74) is 1.32. The van der Waals surface area contributed by atoms with Crippen LogP contribution in [-0.2, 0) is 14.8 Å². The molecule has 0 aliphatic rings. The Hall–Kier alpha value is -3.92. The number of amides is 1. The molecule has 0 spiro atoms. The molecule has 0 unspecified atom stereocenters. The molecule has 0 heterocycles. The van der Waals surface area contributed by atoms with Gasteiger partial charge in [0, 0.05) is 6.07 Å². The van der Waals surface area contributed by atoms with Crippen LogP contribution in [0.2, 0.25) is 0 Å². The third-order valence-corrected chi connectivity index (χ3v) is 7.07. The molecule has 1 N–H and O–H groups in total. The minimum Gasteiger partial charge on any atom is -0.497 e. The molecule has 3 rings (SSSR count). The fourth-order valence-electron chi connectivity index (χ4n) is 3.35. The highest BCUT2D eigenvalue weighted by atomic mass is 32.2. The van der Waals surface area contributed by atoms with Gasteiger partial charge in [0.1, 0.15) is 24.7 Å². The van der Waals surface area contributed by atoms with Crippen LogP contribution in [0, 0.1) is 6.92 Å². The number of carbonyl (C=O) groups excluding carboxylic acids is 1. The van der Waals surface area contributed by atoms with Crippen LogP contribution in [0.1, 0.15) is 5.56 Å². The van der Waals surface area contributed by atoms with Gasteiger partial charge >= 0.3 is 0 Å². The summed E-state index contributed by atoms with van der Waals surface area (Å²) in [5, 5.41) is 2.71.